The molecule has 1 amide bonds. The predicted molar refractivity (Wildman–Crippen MR) is 111 cm³/mol. The molecule has 4 nitrogen and oxygen atoms in total. The summed E-state index contributed by atoms with van der Waals surface area (Å²) >= 11 is 0. The summed E-state index contributed by atoms with van der Waals surface area (Å²) in [6.45, 7) is 8.90. The minimum absolute atomic E-state index is 0.176. The average molecular weight is 367 g/mol. The number of hydrogen-bond acceptors (Lipinski definition) is 2. The number of benzene rings is 2. The van der Waals surface area contributed by atoms with Crippen LogP contribution in [0.25, 0.3) is 0 Å². The average Bonchev–Trinajstić information content (AvgIpc) is 2.68. The molecular weight excluding hydrogens is 334 g/mol. The van der Waals surface area contributed by atoms with E-state index in [0.29, 0.717) is 6.54 Å². The molecule has 27 heavy (non-hydrogen) atoms. The molecule has 0 bridgehead atoms. The van der Waals surface area contributed by atoms with Gasteiger partial charge in [-0.25, -0.2) is 0 Å². The molecule has 144 valence electrons. The van der Waals surface area contributed by atoms with E-state index in [-0.39, 0.29) is 11.9 Å². The van der Waals surface area contributed by atoms with Gasteiger partial charge >= 0.3 is 0 Å². The second kappa shape index (κ2) is 9.56. The number of anilines is 1. The summed E-state index contributed by atoms with van der Waals surface area (Å²) in [5, 5.41) is 3.18. The van der Waals surface area contributed by atoms with E-state index in [1.807, 2.05) is 6.07 Å². The fraction of sp³-hybridized carbons (Fsp3) is 0.435. The lowest BCUT2D eigenvalue weighted by Crippen LogP contribution is -3.16. The number of hydrogen-bond donors (Lipinski definition) is 2. The fourth-order valence-corrected chi connectivity index (χ4v) is 3.81. The highest BCUT2D eigenvalue weighted by Crippen LogP contribution is 2.18. The van der Waals surface area contributed by atoms with Gasteiger partial charge in [-0.05, 0) is 43.9 Å². The lowest BCUT2D eigenvalue weighted by Gasteiger charge is -2.34. The topological polar surface area (TPSA) is 36.8 Å². The monoisotopic (exact) mass is 366 g/mol. The predicted octanol–water partition coefficient (Wildman–Crippen LogP) is 1.84. The number of nitrogens with one attached hydrogen (secondary N) is 2. The van der Waals surface area contributed by atoms with Gasteiger partial charge in [0.2, 0.25) is 0 Å². The number of para-hydroxylation sites is 1. The van der Waals surface area contributed by atoms with Gasteiger partial charge in [0.1, 0.15) is 0 Å². The molecule has 2 aromatic carbocycles. The van der Waals surface area contributed by atoms with Crippen LogP contribution in [0.1, 0.15) is 24.5 Å². The van der Waals surface area contributed by atoms with Crippen molar-refractivity contribution in [2.75, 3.05) is 37.6 Å². The van der Waals surface area contributed by atoms with Crippen molar-refractivity contribution in [2.45, 2.75) is 32.7 Å². The van der Waals surface area contributed by atoms with Gasteiger partial charge in [0.25, 0.3) is 5.91 Å². The molecule has 0 aliphatic carbocycles. The van der Waals surface area contributed by atoms with Crippen LogP contribution in [-0.4, -0.2) is 44.7 Å². The smallest absolute Gasteiger partial charge is 0.275 e. The Morgan fingerprint density at radius 3 is 2.44 bits per heavy atom. The Kier molecular flexibility index (Phi) is 6.88. The van der Waals surface area contributed by atoms with Crippen LogP contribution in [0.5, 0.6) is 0 Å². The summed E-state index contributed by atoms with van der Waals surface area (Å²) in [4.78, 5) is 16.2. The maximum atomic E-state index is 12.4. The van der Waals surface area contributed by atoms with Crippen molar-refractivity contribution < 1.29 is 9.69 Å². The third-order valence-electron chi connectivity index (χ3n) is 5.45. The SMILES string of the molecule is Cc1ccccc1N1CC[NH+](CC(=O)N[C@H](C)CCc2ccccc2)CC1. The molecule has 0 radical (unpaired) electrons. The summed E-state index contributed by atoms with van der Waals surface area (Å²) in [5.41, 5.74) is 3.98. The second-order valence-corrected chi connectivity index (χ2v) is 7.69. The molecule has 0 saturated carbocycles. The van der Waals surface area contributed by atoms with E-state index in [1.165, 1.54) is 21.7 Å². The van der Waals surface area contributed by atoms with E-state index in [9.17, 15) is 4.79 Å². The Balaban J connectivity index is 1.38. The molecule has 1 heterocycles. The normalized spacial score (nSPS) is 16.1. The van der Waals surface area contributed by atoms with Gasteiger partial charge in [0, 0.05) is 11.7 Å². The number of quaternary nitrogens is 1. The maximum absolute atomic E-state index is 12.4. The van der Waals surface area contributed by atoms with Crippen LogP contribution in [0.2, 0.25) is 0 Å². The van der Waals surface area contributed by atoms with Gasteiger partial charge in [0.05, 0.1) is 26.2 Å². The minimum atomic E-state index is 0.176. The molecule has 3 rings (SSSR count). The quantitative estimate of drug-likeness (QED) is 0.785. The van der Waals surface area contributed by atoms with Crippen molar-refractivity contribution in [1.29, 1.82) is 0 Å². The van der Waals surface area contributed by atoms with Crippen molar-refractivity contribution in [3.63, 3.8) is 0 Å². The first kappa shape index (κ1) is 19.4. The number of rotatable bonds is 7. The Hall–Kier alpha value is -2.33. The third kappa shape index (κ3) is 5.83. The van der Waals surface area contributed by atoms with Crippen molar-refractivity contribution in [1.82, 2.24) is 5.32 Å². The van der Waals surface area contributed by atoms with E-state index >= 15 is 0 Å². The summed E-state index contributed by atoms with van der Waals surface area (Å²) in [7, 11) is 0. The summed E-state index contributed by atoms with van der Waals surface area (Å²) in [5.74, 6) is 0.176. The zero-order valence-corrected chi connectivity index (χ0v) is 16.6. The van der Waals surface area contributed by atoms with Crippen LogP contribution in [0.15, 0.2) is 54.6 Å². The van der Waals surface area contributed by atoms with E-state index in [0.717, 1.165) is 39.0 Å². The Labute approximate surface area is 163 Å². The number of piperazine rings is 1. The largest absolute Gasteiger partial charge is 0.360 e. The van der Waals surface area contributed by atoms with Crippen LogP contribution in [0.3, 0.4) is 0 Å². The molecule has 2 aromatic rings. The minimum Gasteiger partial charge on any atom is -0.360 e. The first-order valence-electron chi connectivity index (χ1n) is 10.1. The number of nitrogens with zero attached hydrogens (tertiary/aromatic N) is 1. The maximum Gasteiger partial charge on any atom is 0.275 e. The molecule has 1 atom stereocenters. The number of amides is 1. The number of aryl methyl sites for hydroxylation is 2. The zero-order chi connectivity index (χ0) is 19.1. The molecule has 0 aromatic heterocycles. The highest BCUT2D eigenvalue weighted by atomic mass is 16.2. The zero-order valence-electron chi connectivity index (χ0n) is 16.6. The number of carbonyl (C=O) groups excluding carboxylic acids is 1. The summed E-state index contributed by atoms with van der Waals surface area (Å²) in [6, 6.07) is 19.2. The van der Waals surface area contributed by atoms with E-state index in [1.54, 1.807) is 0 Å². The van der Waals surface area contributed by atoms with E-state index < -0.39 is 0 Å². The Morgan fingerprint density at radius 2 is 1.74 bits per heavy atom. The number of carbonyl (C=O) groups is 1. The van der Waals surface area contributed by atoms with Gasteiger partial charge in [-0.15, -0.1) is 0 Å². The first-order valence-corrected chi connectivity index (χ1v) is 10.1. The van der Waals surface area contributed by atoms with Gasteiger partial charge in [-0.2, -0.15) is 0 Å². The lowest BCUT2D eigenvalue weighted by atomic mass is 10.1. The van der Waals surface area contributed by atoms with Crippen molar-refractivity contribution in [3.05, 3.63) is 65.7 Å². The van der Waals surface area contributed by atoms with Gasteiger partial charge in [-0.3, -0.25) is 4.79 Å². The fourth-order valence-electron chi connectivity index (χ4n) is 3.81. The van der Waals surface area contributed by atoms with Gasteiger partial charge in [-0.1, -0.05) is 48.5 Å². The molecule has 4 heteroatoms. The molecule has 1 fully saturated rings. The molecule has 2 N–H and O–H groups in total. The molecule has 0 unspecified atom stereocenters. The first-order chi connectivity index (χ1) is 13.1. The third-order valence-corrected chi connectivity index (χ3v) is 5.45. The highest BCUT2D eigenvalue weighted by molar-refractivity contribution is 5.77. The summed E-state index contributed by atoms with van der Waals surface area (Å²) in [6.07, 6.45) is 1.98. The Bertz CT molecular complexity index is 723. The molecular formula is C23H32N3O+. The van der Waals surface area contributed by atoms with E-state index in [4.69, 9.17) is 0 Å². The molecule has 1 aliphatic rings. The van der Waals surface area contributed by atoms with Crippen molar-refractivity contribution in [2.24, 2.45) is 0 Å². The van der Waals surface area contributed by atoms with Crippen LogP contribution in [0, 0.1) is 6.92 Å². The van der Waals surface area contributed by atoms with Crippen LogP contribution in [-0.2, 0) is 11.2 Å². The molecule has 1 aliphatic heterocycles. The molecule has 1 saturated heterocycles. The van der Waals surface area contributed by atoms with Crippen LogP contribution >= 0.6 is 0 Å². The highest BCUT2D eigenvalue weighted by Gasteiger charge is 2.23. The lowest BCUT2D eigenvalue weighted by molar-refractivity contribution is -0.892. The standard InChI is InChI=1S/C23H31N3O/c1-19-8-6-7-11-22(19)26-16-14-25(15-17-26)18-23(27)24-20(2)12-13-21-9-4-3-5-10-21/h3-11,20H,12-18H2,1-2H3,(H,24,27)/p+1/t20-/m1/s1. The van der Waals surface area contributed by atoms with Crippen molar-refractivity contribution >= 4 is 11.6 Å². The molecule has 0 spiro atoms. The Morgan fingerprint density at radius 1 is 1.07 bits per heavy atom. The van der Waals surface area contributed by atoms with Crippen LogP contribution < -0.4 is 15.1 Å². The van der Waals surface area contributed by atoms with Gasteiger partial charge in [0.15, 0.2) is 6.54 Å². The van der Waals surface area contributed by atoms with E-state index in [2.05, 4.69) is 72.6 Å². The van der Waals surface area contributed by atoms with Crippen molar-refractivity contribution in [3.8, 4) is 0 Å². The van der Waals surface area contributed by atoms with Gasteiger partial charge < -0.3 is 15.1 Å². The van der Waals surface area contributed by atoms with Crippen LogP contribution in [0.4, 0.5) is 5.69 Å². The second-order valence-electron chi connectivity index (χ2n) is 7.69. The summed E-state index contributed by atoms with van der Waals surface area (Å²) < 4.78 is 0.